The van der Waals surface area contributed by atoms with Gasteiger partial charge in [-0.15, -0.1) is 0 Å². The SMILES string of the molecule is CNC(=O)c1ccc(-n2c(CCc3ccccc3-n3cccn3)nc3c(c2=O)CC(C2CC2)N(C(=O)c2ccc(Cl)c(C(F)(F)F)c2)C3)cc1. The summed E-state index contributed by atoms with van der Waals surface area (Å²) in [5.74, 6) is -0.275. The first-order chi connectivity index (χ1) is 24.0. The molecule has 5 aromatic rings. The Morgan fingerprint density at radius 1 is 0.980 bits per heavy atom. The van der Waals surface area contributed by atoms with Crippen LogP contribution in [0.1, 0.15) is 61.8 Å². The number of rotatable bonds is 8. The molecule has 1 atom stereocenters. The van der Waals surface area contributed by atoms with Crippen LogP contribution in [0.15, 0.2) is 90.0 Å². The van der Waals surface area contributed by atoms with Crippen molar-refractivity contribution < 1.29 is 22.8 Å². The maximum Gasteiger partial charge on any atom is 0.417 e. The van der Waals surface area contributed by atoms with Crippen molar-refractivity contribution in [3.63, 3.8) is 0 Å². The van der Waals surface area contributed by atoms with E-state index in [-0.39, 0.29) is 42.0 Å². The molecule has 0 saturated heterocycles. The molecule has 1 aliphatic carbocycles. The Labute approximate surface area is 290 Å². The Morgan fingerprint density at radius 2 is 1.72 bits per heavy atom. The summed E-state index contributed by atoms with van der Waals surface area (Å²) in [5.41, 5.74) is 2.22. The molecule has 9 nitrogen and oxygen atoms in total. The Morgan fingerprint density at radius 3 is 2.40 bits per heavy atom. The van der Waals surface area contributed by atoms with E-state index in [2.05, 4.69) is 10.4 Å². The molecule has 7 rings (SSSR count). The number of fused-ring (bicyclic) bond motifs is 1. The maximum absolute atomic E-state index is 14.5. The average molecular weight is 701 g/mol. The van der Waals surface area contributed by atoms with Gasteiger partial charge in [-0.3, -0.25) is 19.0 Å². The Balaban J connectivity index is 1.30. The summed E-state index contributed by atoms with van der Waals surface area (Å²) in [6.07, 6.45) is 1.55. The lowest BCUT2D eigenvalue weighted by atomic mass is 9.93. The molecule has 0 spiro atoms. The van der Waals surface area contributed by atoms with Crippen LogP contribution in [0.5, 0.6) is 0 Å². The minimum atomic E-state index is -4.73. The number of nitrogens with one attached hydrogen (secondary N) is 1. The van der Waals surface area contributed by atoms with Crippen LogP contribution in [0.2, 0.25) is 5.02 Å². The van der Waals surface area contributed by atoms with Gasteiger partial charge in [0.15, 0.2) is 0 Å². The molecular weight excluding hydrogens is 669 g/mol. The molecule has 3 aromatic carbocycles. The minimum Gasteiger partial charge on any atom is -0.355 e. The van der Waals surface area contributed by atoms with Crippen LogP contribution in [0, 0.1) is 5.92 Å². The lowest BCUT2D eigenvalue weighted by molar-refractivity contribution is -0.137. The first-order valence-electron chi connectivity index (χ1n) is 16.3. The minimum absolute atomic E-state index is 0.0259. The molecule has 2 amide bonds. The zero-order valence-corrected chi connectivity index (χ0v) is 27.7. The Bertz CT molecular complexity index is 2140. The van der Waals surface area contributed by atoms with Crippen molar-refractivity contribution in [3.8, 4) is 11.4 Å². The fourth-order valence-corrected chi connectivity index (χ4v) is 6.92. The fourth-order valence-electron chi connectivity index (χ4n) is 6.69. The molecule has 0 radical (unpaired) electrons. The van der Waals surface area contributed by atoms with E-state index in [1.807, 2.05) is 36.5 Å². The van der Waals surface area contributed by atoms with Crippen molar-refractivity contribution >= 4 is 23.4 Å². The number of benzene rings is 3. The van der Waals surface area contributed by atoms with E-state index >= 15 is 0 Å². The first kappa shape index (κ1) is 33.3. The highest BCUT2D eigenvalue weighted by Crippen LogP contribution is 2.41. The van der Waals surface area contributed by atoms with Crippen LogP contribution in [0.3, 0.4) is 0 Å². The molecule has 256 valence electrons. The monoisotopic (exact) mass is 700 g/mol. The van der Waals surface area contributed by atoms with Gasteiger partial charge in [-0.25, -0.2) is 9.67 Å². The van der Waals surface area contributed by atoms with Gasteiger partial charge in [0, 0.05) is 55.0 Å². The van der Waals surface area contributed by atoms with E-state index in [9.17, 15) is 27.6 Å². The highest BCUT2D eigenvalue weighted by Gasteiger charge is 2.43. The number of hydrogen-bond acceptors (Lipinski definition) is 5. The van der Waals surface area contributed by atoms with Crippen molar-refractivity contribution in [1.82, 2.24) is 29.5 Å². The summed E-state index contributed by atoms with van der Waals surface area (Å²) >= 11 is 5.86. The predicted molar refractivity (Wildman–Crippen MR) is 181 cm³/mol. The second-order valence-electron chi connectivity index (χ2n) is 12.5. The van der Waals surface area contributed by atoms with Crippen molar-refractivity contribution in [2.75, 3.05) is 7.05 Å². The van der Waals surface area contributed by atoms with Gasteiger partial charge in [0.1, 0.15) is 5.82 Å². The average Bonchev–Trinajstić information content (AvgIpc) is 3.82. The van der Waals surface area contributed by atoms with Crippen LogP contribution in [0.25, 0.3) is 11.4 Å². The van der Waals surface area contributed by atoms with Gasteiger partial charge >= 0.3 is 6.18 Å². The number of para-hydroxylation sites is 1. The molecule has 1 aliphatic heterocycles. The van der Waals surface area contributed by atoms with Gasteiger partial charge < -0.3 is 10.2 Å². The molecule has 0 bridgehead atoms. The Hall–Kier alpha value is -5.23. The van der Waals surface area contributed by atoms with Crippen LogP contribution in [0.4, 0.5) is 13.2 Å². The third-order valence-electron chi connectivity index (χ3n) is 9.39. The Kier molecular flexibility index (Phi) is 8.81. The number of amides is 2. The lowest BCUT2D eigenvalue weighted by Crippen LogP contribution is -2.48. The molecule has 1 unspecified atom stereocenters. The largest absolute Gasteiger partial charge is 0.417 e. The van der Waals surface area contributed by atoms with E-state index in [4.69, 9.17) is 16.6 Å². The first-order valence-corrected chi connectivity index (χ1v) is 16.6. The number of carbonyl (C=O) groups is 2. The summed E-state index contributed by atoms with van der Waals surface area (Å²) in [6.45, 7) is -0.0259. The normalized spacial score (nSPS) is 15.9. The smallest absolute Gasteiger partial charge is 0.355 e. The second-order valence-corrected chi connectivity index (χ2v) is 12.9. The number of carbonyl (C=O) groups excluding carboxylic acids is 2. The van der Waals surface area contributed by atoms with Gasteiger partial charge in [-0.1, -0.05) is 29.8 Å². The van der Waals surface area contributed by atoms with Crippen LogP contribution < -0.4 is 10.9 Å². The number of aromatic nitrogens is 4. The number of nitrogens with zero attached hydrogens (tertiary/aromatic N) is 5. The molecule has 1 fully saturated rings. The van der Waals surface area contributed by atoms with Gasteiger partial charge in [0.2, 0.25) is 0 Å². The van der Waals surface area contributed by atoms with E-state index in [1.54, 1.807) is 51.7 Å². The second kappa shape index (κ2) is 13.2. The highest BCUT2D eigenvalue weighted by molar-refractivity contribution is 6.31. The summed E-state index contributed by atoms with van der Waals surface area (Å²) in [4.78, 5) is 47.3. The molecule has 3 heterocycles. The van der Waals surface area contributed by atoms with Gasteiger partial charge in [0.25, 0.3) is 17.4 Å². The fraction of sp³-hybridized carbons (Fsp3) is 0.270. The number of hydrogen-bond donors (Lipinski definition) is 1. The van der Waals surface area contributed by atoms with E-state index < -0.39 is 22.7 Å². The van der Waals surface area contributed by atoms with Gasteiger partial charge in [0.05, 0.1) is 34.2 Å². The van der Waals surface area contributed by atoms with Gasteiger partial charge in [-0.05, 0) is 85.3 Å². The quantitative estimate of drug-likeness (QED) is 0.207. The highest BCUT2D eigenvalue weighted by atomic mass is 35.5. The topological polar surface area (TPSA) is 102 Å². The van der Waals surface area contributed by atoms with Crippen molar-refractivity contribution in [2.24, 2.45) is 5.92 Å². The van der Waals surface area contributed by atoms with E-state index in [0.717, 1.165) is 36.2 Å². The molecule has 1 saturated carbocycles. The molecule has 2 aromatic heterocycles. The molecular formula is C37H32ClF3N6O3. The van der Waals surface area contributed by atoms with Crippen molar-refractivity contribution in [2.45, 2.75) is 50.9 Å². The van der Waals surface area contributed by atoms with Crippen LogP contribution in [-0.4, -0.2) is 49.1 Å². The molecule has 2 aliphatic rings. The number of alkyl halides is 3. The number of halogens is 4. The lowest BCUT2D eigenvalue weighted by Gasteiger charge is -2.37. The molecule has 13 heteroatoms. The summed E-state index contributed by atoms with van der Waals surface area (Å²) in [7, 11) is 1.54. The van der Waals surface area contributed by atoms with Gasteiger partial charge in [-0.2, -0.15) is 18.3 Å². The van der Waals surface area contributed by atoms with E-state index in [1.165, 1.54) is 6.07 Å². The standard InChI is InChI=1S/C37H32ClF3N6O3/c1-42-34(48)24-9-13-26(14-10-24)47-33(16-12-22-5-2-3-6-31(22)46-18-4-17-43-46)44-30-21-45(32(23-7-8-23)20-27(30)36(47)50)35(49)25-11-15-29(38)28(19-25)37(39,40)41/h2-6,9-11,13-15,17-19,23,32H,7-8,12,16,20-21H2,1H3,(H,42,48). The summed E-state index contributed by atoms with van der Waals surface area (Å²) in [5, 5.41) is 6.49. The van der Waals surface area contributed by atoms with E-state index in [0.29, 0.717) is 41.2 Å². The number of aryl methyl sites for hydroxylation is 2. The molecule has 50 heavy (non-hydrogen) atoms. The van der Waals surface area contributed by atoms with Crippen molar-refractivity contribution in [3.05, 3.63) is 140 Å². The maximum atomic E-state index is 14.5. The van der Waals surface area contributed by atoms with Crippen LogP contribution in [-0.2, 0) is 32.0 Å². The van der Waals surface area contributed by atoms with Crippen LogP contribution >= 0.6 is 11.6 Å². The third kappa shape index (κ3) is 6.42. The summed E-state index contributed by atoms with van der Waals surface area (Å²) in [6, 6.07) is 19.1. The van der Waals surface area contributed by atoms with Crippen molar-refractivity contribution in [1.29, 1.82) is 0 Å². The molecule has 1 N–H and O–H groups in total. The zero-order valence-electron chi connectivity index (χ0n) is 27.0. The third-order valence-corrected chi connectivity index (χ3v) is 9.72. The summed E-state index contributed by atoms with van der Waals surface area (Å²) < 4.78 is 44.5. The predicted octanol–water partition coefficient (Wildman–Crippen LogP) is 6.21. The zero-order chi connectivity index (χ0) is 35.2.